The zero-order valence-electron chi connectivity index (χ0n) is 13.2. The van der Waals surface area contributed by atoms with E-state index in [1.165, 1.54) is 0 Å². The third kappa shape index (κ3) is 4.55. The number of nitrogens with zero attached hydrogens (tertiary/aromatic N) is 2. The second kappa shape index (κ2) is 7.20. The quantitative estimate of drug-likeness (QED) is 0.836. The summed E-state index contributed by atoms with van der Waals surface area (Å²) in [7, 11) is 1.70. The van der Waals surface area contributed by atoms with Crippen molar-refractivity contribution >= 4 is 11.9 Å². The number of rotatable bonds is 7. The maximum atomic E-state index is 12.2. The van der Waals surface area contributed by atoms with E-state index in [0.717, 1.165) is 5.69 Å². The van der Waals surface area contributed by atoms with Crippen molar-refractivity contribution in [1.82, 2.24) is 9.88 Å². The van der Waals surface area contributed by atoms with Crippen LogP contribution in [0.5, 0.6) is 0 Å². The lowest BCUT2D eigenvalue weighted by atomic mass is 9.76. The van der Waals surface area contributed by atoms with Gasteiger partial charge < -0.3 is 10.0 Å². The number of hydrogen-bond donors (Lipinski definition) is 1. The maximum absolute atomic E-state index is 12.2. The van der Waals surface area contributed by atoms with Crippen LogP contribution in [0.3, 0.4) is 0 Å². The molecule has 5 nitrogen and oxygen atoms in total. The molecule has 0 bridgehead atoms. The van der Waals surface area contributed by atoms with Crippen LogP contribution in [0.1, 0.15) is 32.9 Å². The molecule has 0 radical (unpaired) electrons. The number of carboxylic acids is 1. The molecule has 0 aliphatic heterocycles. The zero-order valence-corrected chi connectivity index (χ0v) is 13.2. The van der Waals surface area contributed by atoms with Crippen LogP contribution in [0.4, 0.5) is 0 Å². The first-order valence-corrected chi connectivity index (χ1v) is 7.14. The van der Waals surface area contributed by atoms with Gasteiger partial charge in [0.2, 0.25) is 5.91 Å². The van der Waals surface area contributed by atoms with E-state index in [1.807, 2.05) is 32.0 Å². The molecule has 1 N–H and O–H groups in total. The van der Waals surface area contributed by atoms with Crippen molar-refractivity contribution in [1.29, 1.82) is 0 Å². The summed E-state index contributed by atoms with van der Waals surface area (Å²) < 4.78 is 0. The third-order valence-electron chi connectivity index (χ3n) is 4.14. The fourth-order valence-electron chi connectivity index (χ4n) is 1.93. The van der Waals surface area contributed by atoms with Crippen LogP contribution in [-0.2, 0) is 16.0 Å². The Morgan fingerprint density at radius 1 is 1.38 bits per heavy atom. The number of pyridine rings is 1. The zero-order chi connectivity index (χ0) is 16.0. The van der Waals surface area contributed by atoms with Gasteiger partial charge in [0, 0.05) is 38.3 Å². The molecular weight excluding hydrogens is 268 g/mol. The highest BCUT2D eigenvalue weighted by Gasteiger charge is 2.39. The molecule has 1 rings (SSSR count). The van der Waals surface area contributed by atoms with Gasteiger partial charge in [0.15, 0.2) is 0 Å². The van der Waals surface area contributed by atoms with Gasteiger partial charge in [0.1, 0.15) is 0 Å². The van der Waals surface area contributed by atoms with E-state index in [1.54, 1.807) is 25.1 Å². The highest BCUT2D eigenvalue weighted by Crippen LogP contribution is 2.31. The van der Waals surface area contributed by atoms with Crippen molar-refractivity contribution < 1.29 is 14.7 Å². The van der Waals surface area contributed by atoms with Crippen molar-refractivity contribution in [2.24, 2.45) is 11.3 Å². The predicted molar refractivity (Wildman–Crippen MR) is 80.8 cm³/mol. The Balaban J connectivity index is 2.60. The number of carboxylic acid groups (broad SMARTS) is 1. The average molecular weight is 292 g/mol. The molecule has 116 valence electrons. The first-order valence-electron chi connectivity index (χ1n) is 7.14. The van der Waals surface area contributed by atoms with Crippen molar-refractivity contribution in [3.8, 4) is 0 Å². The van der Waals surface area contributed by atoms with Gasteiger partial charge >= 0.3 is 5.97 Å². The molecule has 0 saturated heterocycles. The number of aliphatic carboxylic acids is 1. The van der Waals surface area contributed by atoms with Gasteiger partial charge in [-0.25, -0.2) is 0 Å². The Morgan fingerprint density at radius 2 is 2.05 bits per heavy atom. The van der Waals surface area contributed by atoms with E-state index < -0.39 is 11.4 Å². The molecule has 0 spiro atoms. The summed E-state index contributed by atoms with van der Waals surface area (Å²) in [6, 6.07) is 5.66. The van der Waals surface area contributed by atoms with E-state index in [0.29, 0.717) is 13.0 Å². The monoisotopic (exact) mass is 292 g/mol. The number of likely N-dealkylation sites (N-methyl/N-ethyl adjacent to an activating group) is 1. The van der Waals surface area contributed by atoms with Crippen molar-refractivity contribution in [2.45, 2.75) is 33.6 Å². The second-order valence-electron chi connectivity index (χ2n) is 5.94. The third-order valence-corrected chi connectivity index (χ3v) is 4.14. The fraction of sp³-hybridized carbons (Fsp3) is 0.562. The molecule has 0 aliphatic rings. The van der Waals surface area contributed by atoms with Crippen LogP contribution in [-0.4, -0.2) is 40.5 Å². The molecule has 0 aliphatic carbocycles. The molecule has 1 aromatic rings. The number of carbonyl (C=O) groups excluding carboxylic acids is 1. The standard InChI is InChI=1S/C16H24N2O3/c1-12(2)16(3,15(20)21)11-14(19)18(4)10-8-13-7-5-6-9-17-13/h5-7,9,12H,8,10-11H2,1-4H3,(H,20,21). The predicted octanol–water partition coefficient (Wildman–Crippen LogP) is 2.22. The van der Waals surface area contributed by atoms with Crippen molar-refractivity contribution in [2.75, 3.05) is 13.6 Å². The summed E-state index contributed by atoms with van der Waals surface area (Å²) in [5.41, 5.74) is -0.113. The summed E-state index contributed by atoms with van der Waals surface area (Å²) in [5, 5.41) is 9.36. The smallest absolute Gasteiger partial charge is 0.310 e. The fourth-order valence-corrected chi connectivity index (χ4v) is 1.93. The minimum atomic E-state index is -1.03. The Bertz CT molecular complexity index is 488. The molecule has 21 heavy (non-hydrogen) atoms. The van der Waals surface area contributed by atoms with Gasteiger partial charge in [-0.05, 0) is 25.0 Å². The van der Waals surface area contributed by atoms with Gasteiger partial charge in [-0.2, -0.15) is 0 Å². The van der Waals surface area contributed by atoms with E-state index in [-0.39, 0.29) is 18.2 Å². The van der Waals surface area contributed by atoms with Gasteiger partial charge in [0.05, 0.1) is 5.41 Å². The summed E-state index contributed by atoms with van der Waals surface area (Å²) in [4.78, 5) is 29.4. The molecule has 1 amide bonds. The molecule has 0 aromatic carbocycles. The van der Waals surface area contributed by atoms with Crippen LogP contribution in [0.25, 0.3) is 0 Å². The highest BCUT2D eigenvalue weighted by molar-refractivity contribution is 5.84. The Kier molecular flexibility index (Phi) is 5.88. The molecule has 0 saturated carbocycles. The largest absolute Gasteiger partial charge is 0.481 e. The molecule has 1 aromatic heterocycles. The number of hydrogen-bond acceptors (Lipinski definition) is 3. The van der Waals surface area contributed by atoms with E-state index in [9.17, 15) is 14.7 Å². The minimum absolute atomic E-state index is 0.0126. The first-order chi connectivity index (χ1) is 9.77. The van der Waals surface area contributed by atoms with Crippen LogP contribution >= 0.6 is 0 Å². The summed E-state index contributed by atoms with van der Waals surface area (Å²) in [5.74, 6) is -1.18. The van der Waals surface area contributed by atoms with Crippen LogP contribution in [0.2, 0.25) is 0 Å². The van der Waals surface area contributed by atoms with E-state index in [4.69, 9.17) is 0 Å². The van der Waals surface area contributed by atoms with Crippen molar-refractivity contribution in [3.63, 3.8) is 0 Å². The summed E-state index contributed by atoms with van der Waals surface area (Å²) in [6.07, 6.45) is 2.39. The summed E-state index contributed by atoms with van der Waals surface area (Å²) >= 11 is 0. The number of carbonyl (C=O) groups is 2. The second-order valence-corrected chi connectivity index (χ2v) is 5.94. The van der Waals surface area contributed by atoms with Gasteiger partial charge in [0.25, 0.3) is 0 Å². The van der Waals surface area contributed by atoms with Gasteiger partial charge in [-0.15, -0.1) is 0 Å². The van der Waals surface area contributed by atoms with Crippen molar-refractivity contribution in [3.05, 3.63) is 30.1 Å². The maximum Gasteiger partial charge on any atom is 0.310 e. The molecule has 1 atom stereocenters. The molecule has 1 unspecified atom stereocenters. The average Bonchev–Trinajstić information content (AvgIpc) is 2.45. The van der Waals surface area contributed by atoms with E-state index >= 15 is 0 Å². The molecular formula is C16H24N2O3. The van der Waals surface area contributed by atoms with Crippen LogP contribution in [0.15, 0.2) is 24.4 Å². The number of aromatic nitrogens is 1. The lowest BCUT2D eigenvalue weighted by molar-refractivity contribution is -0.155. The minimum Gasteiger partial charge on any atom is -0.481 e. The Morgan fingerprint density at radius 3 is 2.52 bits per heavy atom. The van der Waals surface area contributed by atoms with E-state index in [2.05, 4.69) is 4.98 Å². The van der Waals surface area contributed by atoms with Gasteiger partial charge in [-0.3, -0.25) is 14.6 Å². The van der Waals surface area contributed by atoms with Crippen LogP contribution < -0.4 is 0 Å². The SMILES string of the molecule is CC(C)C(C)(CC(=O)N(C)CCc1ccccn1)C(=O)O. The lowest BCUT2D eigenvalue weighted by Gasteiger charge is -2.30. The Labute approximate surface area is 126 Å². The van der Waals surface area contributed by atoms with Crippen LogP contribution in [0, 0.1) is 11.3 Å². The first kappa shape index (κ1) is 17.1. The molecule has 5 heteroatoms. The molecule has 1 heterocycles. The Hall–Kier alpha value is -1.91. The topological polar surface area (TPSA) is 70.5 Å². The highest BCUT2D eigenvalue weighted by atomic mass is 16.4. The summed E-state index contributed by atoms with van der Waals surface area (Å²) in [6.45, 7) is 5.82. The molecule has 0 fully saturated rings. The van der Waals surface area contributed by atoms with Gasteiger partial charge in [-0.1, -0.05) is 19.9 Å². The lowest BCUT2D eigenvalue weighted by Crippen LogP contribution is -2.40. The number of amides is 1. The normalized spacial score (nSPS) is 13.8.